The third-order valence-electron chi connectivity index (χ3n) is 4.62. The molecule has 0 bridgehead atoms. The molecule has 0 radical (unpaired) electrons. The highest BCUT2D eigenvalue weighted by Crippen LogP contribution is 2.27. The van der Waals surface area contributed by atoms with Gasteiger partial charge in [0.15, 0.2) is 0 Å². The minimum atomic E-state index is -0.403. The summed E-state index contributed by atoms with van der Waals surface area (Å²) in [5, 5.41) is 3.24. The second kappa shape index (κ2) is 12.3. The van der Waals surface area contributed by atoms with Crippen LogP contribution in [0.3, 0.4) is 0 Å². The third kappa shape index (κ3) is 7.20. The molecule has 6 heteroatoms. The highest BCUT2D eigenvalue weighted by Gasteiger charge is 2.13. The zero-order valence-electron chi connectivity index (χ0n) is 19.0. The summed E-state index contributed by atoms with van der Waals surface area (Å²) in [5.41, 5.74) is 12.3. The summed E-state index contributed by atoms with van der Waals surface area (Å²) in [4.78, 5) is 4.80. The summed E-state index contributed by atoms with van der Waals surface area (Å²) in [5.74, 6) is 1.33. The van der Waals surface area contributed by atoms with E-state index >= 15 is 0 Å². The number of aliphatic imine (C=N–C) groups is 1. The molecule has 2 heterocycles. The number of halogens is 1. The molecule has 1 aliphatic heterocycles. The lowest BCUT2D eigenvalue weighted by Gasteiger charge is -2.12. The van der Waals surface area contributed by atoms with Crippen LogP contribution in [-0.4, -0.2) is 38.2 Å². The van der Waals surface area contributed by atoms with E-state index < -0.39 is 6.67 Å². The Balaban J connectivity index is 0.00000132. The molecular weight excluding hydrogens is 367 g/mol. The number of nitrogens with zero attached hydrogens (tertiary/aromatic N) is 2. The Bertz CT molecular complexity index is 785. The summed E-state index contributed by atoms with van der Waals surface area (Å²) >= 11 is 0. The van der Waals surface area contributed by atoms with Gasteiger partial charge >= 0.3 is 0 Å². The standard InChI is InChI=1S/C21H31FN4.C2H6O/c1-14(2)18-8-6-7-17(21(24-5)25-18)11-15(3)12-19-20(23)16(4)13-26(19)10-9-22;1-3-2/h6,8,12-14,24H,7,9-11,23H2,1-5H3;1-2H3/b15-12-;. The van der Waals surface area contributed by atoms with E-state index in [4.69, 9.17) is 10.7 Å². The minimum absolute atomic E-state index is 0.326. The topological polar surface area (TPSA) is 64.6 Å². The van der Waals surface area contributed by atoms with Crippen molar-refractivity contribution in [3.63, 3.8) is 0 Å². The second-order valence-corrected chi connectivity index (χ2v) is 7.57. The number of nitrogens with one attached hydrogen (secondary N) is 1. The lowest BCUT2D eigenvalue weighted by atomic mass is 10.0. The van der Waals surface area contributed by atoms with Crippen LogP contribution < -0.4 is 11.1 Å². The third-order valence-corrected chi connectivity index (χ3v) is 4.62. The summed E-state index contributed by atoms with van der Waals surface area (Å²) in [6, 6.07) is 0. The highest BCUT2D eigenvalue weighted by atomic mass is 19.1. The molecule has 0 saturated carbocycles. The molecule has 0 amide bonds. The van der Waals surface area contributed by atoms with Crippen molar-refractivity contribution >= 4 is 17.5 Å². The van der Waals surface area contributed by atoms with Crippen LogP contribution in [0.1, 0.15) is 44.9 Å². The predicted molar refractivity (Wildman–Crippen MR) is 123 cm³/mol. The molecule has 2 rings (SSSR count). The van der Waals surface area contributed by atoms with Gasteiger partial charge in [0.2, 0.25) is 0 Å². The Morgan fingerprint density at radius 2 is 2.07 bits per heavy atom. The van der Waals surface area contributed by atoms with Crippen molar-refractivity contribution in [2.24, 2.45) is 10.9 Å². The first-order valence-electron chi connectivity index (χ1n) is 10.0. The van der Waals surface area contributed by atoms with Crippen LogP contribution in [0.2, 0.25) is 0 Å². The molecular formula is C23H37FN4O. The number of anilines is 1. The van der Waals surface area contributed by atoms with Gasteiger partial charge in [-0.1, -0.05) is 25.5 Å². The molecule has 1 aromatic heterocycles. The van der Waals surface area contributed by atoms with Crippen molar-refractivity contribution in [2.45, 2.75) is 47.1 Å². The zero-order valence-corrected chi connectivity index (χ0v) is 19.0. The number of hydrogen-bond acceptors (Lipinski definition) is 4. The van der Waals surface area contributed by atoms with Crippen LogP contribution in [0, 0.1) is 12.8 Å². The quantitative estimate of drug-likeness (QED) is 0.680. The van der Waals surface area contributed by atoms with Gasteiger partial charge < -0.3 is 20.4 Å². The number of alkyl halides is 1. The van der Waals surface area contributed by atoms with Crippen molar-refractivity contribution in [3.8, 4) is 0 Å². The van der Waals surface area contributed by atoms with Crippen LogP contribution in [0.5, 0.6) is 0 Å². The van der Waals surface area contributed by atoms with E-state index in [9.17, 15) is 4.39 Å². The molecule has 1 aromatic rings. The van der Waals surface area contributed by atoms with Crippen LogP contribution >= 0.6 is 0 Å². The van der Waals surface area contributed by atoms with Gasteiger partial charge in [0.25, 0.3) is 0 Å². The number of nitrogen functional groups attached to an aromatic ring is 1. The van der Waals surface area contributed by atoms with Crippen LogP contribution in [0.4, 0.5) is 10.1 Å². The number of aromatic nitrogens is 1. The van der Waals surface area contributed by atoms with E-state index in [1.807, 2.05) is 24.7 Å². The zero-order chi connectivity index (χ0) is 22.0. The molecule has 0 fully saturated rings. The van der Waals surface area contributed by atoms with Gasteiger partial charge in [-0.2, -0.15) is 0 Å². The molecule has 0 atom stereocenters. The van der Waals surface area contributed by atoms with E-state index in [0.29, 0.717) is 12.5 Å². The summed E-state index contributed by atoms with van der Waals surface area (Å²) in [6.45, 7) is 8.26. The molecule has 29 heavy (non-hydrogen) atoms. The molecule has 162 valence electrons. The fourth-order valence-corrected chi connectivity index (χ4v) is 3.16. The van der Waals surface area contributed by atoms with Crippen molar-refractivity contribution in [3.05, 3.63) is 46.6 Å². The van der Waals surface area contributed by atoms with Crippen LogP contribution in [0.25, 0.3) is 6.08 Å². The van der Waals surface area contributed by atoms with E-state index in [1.165, 1.54) is 11.1 Å². The number of rotatable bonds is 7. The SMILES string of the molecule is CNC1=C(C/C(C)=C\c2c(N)c(C)cn2CCF)CC=CC(C(C)C)=N1.COC. The molecule has 0 aliphatic carbocycles. The first-order chi connectivity index (χ1) is 13.8. The normalized spacial score (nSPS) is 14.5. The fourth-order valence-electron chi connectivity index (χ4n) is 3.16. The smallest absolute Gasteiger partial charge is 0.125 e. The monoisotopic (exact) mass is 404 g/mol. The van der Waals surface area contributed by atoms with E-state index in [2.05, 4.69) is 49.1 Å². The molecule has 3 N–H and O–H groups in total. The van der Waals surface area contributed by atoms with Gasteiger partial charge in [0.1, 0.15) is 12.5 Å². The van der Waals surface area contributed by atoms with E-state index in [1.54, 1.807) is 14.2 Å². The molecule has 5 nitrogen and oxygen atoms in total. The number of hydrogen-bond donors (Lipinski definition) is 2. The Labute approximate surface area is 175 Å². The number of nitrogens with two attached hydrogens (primary N) is 1. The van der Waals surface area contributed by atoms with Crippen molar-refractivity contribution in [2.75, 3.05) is 33.7 Å². The first-order valence-corrected chi connectivity index (χ1v) is 10.0. The van der Waals surface area contributed by atoms with Gasteiger partial charge in [0, 0.05) is 33.2 Å². The maximum Gasteiger partial charge on any atom is 0.125 e. The van der Waals surface area contributed by atoms with Crippen LogP contribution in [-0.2, 0) is 11.3 Å². The number of aryl methyl sites for hydroxylation is 2. The fraction of sp³-hybridized carbons (Fsp3) is 0.522. The maximum atomic E-state index is 12.8. The molecule has 0 saturated heterocycles. The van der Waals surface area contributed by atoms with E-state index in [-0.39, 0.29) is 0 Å². The molecule has 1 aliphatic rings. The second-order valence-electron chi connectivity index (χ2n) is 7.57. The van der Waals surface area contributed by atoms with Gasteiger partial charge in [-0.3, -0.25) is 0 Å². The first kappa shape index (κ1) is 24.7. The largest absolute Gasteiger partial charge is 0.397 e. The van der Waals surface area contributed by atoms with Crippen LogP contribution in [0.15, 0.2) is 40.3 Å². The lowest BCUT2D eigenvalue weighted by molar-refractivity contribution is 0.277. The number of ether oxygens (including phenoxy) is 1. The molecule has 0 unspecified atom stereocenters. The highest BCUT2D eigenvalue weighted by molar-refractivity contribution is 5.97. The van der Waals surface area contributed by atoms with E-state index in [0.717, 1.165) is 41.3 Å². The van der Waals surface area contributed by atoms with Gasteiger partial charge in [-0.25, -0.2) is 9.38 Å². The minimum Gasteiger partial charge on any atom is -0.397 e. The maximum absolute atomic E-state index is 12.8. The Morgan fingerprint density at radius 3 is 2.62 bits per heavy atom. The van der Waals surface area contributed by atoms with Crippen molar-refractivity contribution in [1.29, 1.82) is 0 Å². The van der Waals surface area contributed by atoms with Gasteiger partial charge in [-0.05, 0) is 55.9 Å². The van der Waals surface area contributed by atoms with Crippen molar-refractivity contribution in [1.82, 2.24) is 9.88 Å². The average molecular weight is 405 g/mol. The van der Waals surface area contributed by atoms with Gasteiger partial charge in [-0.15, -0.1) is 0 Å². The summed E-state index contributed by atoms with van der Waals surface area (Å²) < 4.78 is 19.0. The molecule has 0 aromatic carbocycles. The summed E-state index contributed by atoms with van der Waals surface area (Å²) in [6.07, 6.45) is 9.94. The number of allylic oxidation sites excluding steroid dienone is 4. The lowest BCUT2D eigenvalue weighted by Crippen LogP contribution is -2.11. The Kier molecular flexibility index (Phi) is 10.5. The Hall–Kier alpha value is -2.34. The Morgan fingerprint density at radius 1 is 1.41 bits per heavy atom. The predicted octanol–water partition coefficient (Wildman–Crippen LogP) is 4.89. The van der Waals surface area contributed by atoms with Crippen molar-refractivity contribution < 1.29 is 9.13 Å². The number of methoxy groups -OCH3 is 1. The average Bonchev–Trinajstić information content (AvgIpc) is 2.83. The summed E-state index contributed by atoms with van der Waals surface area (Å²) in [7, 11) is 5.16. The molecule has 0 spiro atoms. The van der Waals surface area contributed by atoms with Gasteiger partial charge in [0.05, 0.1) is 17.9 Å².